The lowest BCUT2D eigenvalue weighted by Crippen LogP contribution is -2.27. The Hall–Kier alpha value is -1.71. The molecule has 1 aliphatic rings. The van der Waals surface area contributed by atoms with Gasteiger partial charge in [-0.25, -0.2) is 4.39 Å². The van der Waals surface area contributed by atoms with Crippen LogP contribution in [0.15, 0.2) is 24.3 Å². The number of hydrogen-bond donors (Lipinski definition) is 0. The summed E-state index contributed by atoms with van der Waals surface area (Å²) in [5, 5.41) is 0. The van der Waals surface area contributed by atoms with E-state index in [9.17, 15) is 14.0 Å². The van der Waals surface area contributed by atoms with E-state index in [1.807, 2.05) is 6.07 Å². The molecule has 0 spiro atoms. The summed E-state index contributed by atoms with van der Waals surface area (Å²) in [6.07, 6.45) is 0.597. The molecule has 1 aromatic rings. The van der Waals surface area contributed by atoms with Crippen molar-refractivity contribution in [2.24, 2.45) is 0 Å². The van der Waals surface area contributed by atoms with Gasteiger partial charge >= 0.3 is 0 Å². The summed E-state index contributed by atoms with van der Waals surface area (Å²) in [5.74, 6) is -0.438. The average molecular weight is 221 g/mol. The number of Topliss-reactive ketones (excluding diaryl/α,β-unsaturated/α-hetero) is 1. The fourth-order valence-corrected chi connectivity index (χ4v) is 1.80. The quantitative estimate of drug-likeness (QED) is 0.718. The number of halogens is 1. The second kappa shape index (κ2) is 4.43. The zero-order valence-electron chi connectivity index (χ0n) is 8.78. The summed E-state index contributed by atoms with van der Waals surface area (Å²) < 4.78 is 12.9. The molecule has 0 radical (unpaired) electrons. The molecule has 3 nitrogen and oxygen atoms in total. The predicted molar refractivity (Wildman–Crippen MR) is 56.3 cm³/mol. The maximum absolute atomic E-state index is 12.9. The molecule has 0 unspecified atom stereocenters. The van der Waals surface area contributed by atoms with Crippen molar-refractivity contribution in [2.75, 3.05) is 13.1 Å². The van der Waals surface area contributed by atoms with Crippen LogP contribution in [0, 0.1) is 5.82 Å². The predicted octanol–water partition coefficient (Wildman–Crippen LogP) is 1.17. The number of benzene rings is 1. The van der Waals surface area contributed by atoms with Gasteiger partial charge in [0.15, 0.2) is 5.78 Å². The first-order valence-corrected chi connectivity index (χ1v) is 5.19. The van der Waals surface area contributed by atoms with E-state index in [1.54, 1.807) is 6.07 Å². The Morgan fingerprint density at radius 3 is 2.75 bits per heavy atom. The van der Waals surface area contributed by atoms with Crippen LogP contribution in [0.2, 0.25) is 0 Å². The highest BCUT2D eigenvalue weighted by Crippen LogP contribution is 2.09. The maximum atomic E-state index is 12.9. The second-order valence-corrected chi connectivity index (χ2v) is 3.91. The molecule has 1 aliphatic heterocycles. The monoisotopic (exact) mass is 221 g/mol. The molecule has 1 fully saturated rings. The minimum Gasteiger partial charge on any atom is -0.335 e. The van der Waals surface area contributed by atoms with Gasteiger partial charge in [-0.3, -0.25) is 9.59 Å². The van der Waals surface area contributed by atoms with Gasteiger partial charge in [0, 0.05) is 6.54 Å². The van der Waals surface area contributed by atoms with Gasteiger partial charge in [0.1, 0.15) is 5.82 Å². The highest BCUT2D eigenvalue weighted by atomic mass is 19.1. The van der Waals surface area contributed by atoms with Crippen LogP contribution in [-0.2, 0) is 16.0 Å². The van der Waals surface area contributed by atoms with E-state index in [-0.39, 0.29) is 30.5 Å². The fraction of sp³-hybridized carbons (Fsp3) is 0.333. The molecule has 1 saturated heterocycles. The van der Waals surface area contributed by atoms with E-state index in [0.717, 1.165) is 5.56 Å². The van der Waals surface area contributed by atoms with E-state index in [1.165, 1.54) is 17.0 Å². The zero-order valence-corrected chi connectivity index (χ0v) is 8.78. The summed E-state index contributed by atoms with van der Waals surface area (Å²) >= 11 is 0. The average Bonchev–Trinajstić information content (AvgIpc) is 2.54. The van der Waals surface area contributed by atoms with Crippen molar-refractivity contribution in [3.05, 3.63) is 35.6 Å². The van der Waals surface area contributed by atoms with Crippen LogP contribution >= 0.6 is 0 Å². The number of ketones is 1. The number of hydrogen-bond acceptors (Lipinski definition) is 2. The number of nitrogens with zero attached hydrogens (tertiary/aromatic N) is 1. The Morgan fingerprint density at radius 1 is 1.31 bits per heavy atom. The Morgan fingerprint density at radius 2 is 2.12 bits per heavy atom. The molecule has 0 N–H and O–H groups in total. The van der Waals surface area contributed by atoms with E-state index >= 15 is 0 Å². The first kappa shape index (κ1) is 10.8. The molecule has 16 heavy (non-hydrogen) atoms. The molecule has 0 saturated carbocycles. The fourth-order valence-electron chi connectivity index (χ4n) is 1.80. The molecule has 4 heteroatoms. The van der Waals surface area contributed by atoms with Crippen LogP contribution in [0.25, 0.3) is 0 Å². The third-order valence-corrected chi connectivity index (χ3v) is 2.63. The molecule has 0 atom stereocenters. The highest BCUT2D eigenvalue weighted by Gasteiger charge is 2.26. The second-order valence-electron chi connectivity index (χ2n) is 3.91. The van der Waals surface area contributed by atoms with Gasteiger partial charge < -0.3 is 4.90 Å². The zero-order chi connectivity index (χ0) is 11.5. The van der Waals surface area contributed by atoms with Crippen LogP contribution in [0.5, 0.6) is 0 Å². The van der Waals surface area contributed by atoms with Crippen LogP contribution in [0.1, 0.15) is 12.0 Å². The maximum Gasteiger partial charge on any atom is 0.230 e. The molecule has 1 amide bonds. The smallest absolute Gasteiger partial charge is 0.230 e. The molecule has 1 aromatic carbocycles. The normalized spacial score (nSPS) is 15.9. The van der Waals surface area contributed by atoms with Crippen LogP contribution < -0.4 is 0 Å². The molecule has 84 valence electrons. The minimum absolute atomic E-state index is 0.0170. The standard InChI is InChI=1S/C12H12FNO2/c13-10-3-1-2-9(6-10)4-5-14-8-11(15)7-12(14)16/h1-3,6H,4-5,7-8H2. The van der Waals surface area contributed by atoms with Crippen molar-refractivity contribution in [3.8, 4) is 0 Å². The van der Waals surface area contributed by atoms with Crippen molar-refractivity contribution in [1.82, 2.24) is 4.90 Å². The van der Waals surface area contributed by atoms with E-state index in [4.69, 9.17) is 0 Å². The van der Waals surface area contributed by atoms with Crippen LogP contribution in [-0.4, -0.2) is 29.7 Å². The van der Waals surface area contributed by atoms with Gasteiger partial charge in [-0.1, -0.05) is 12.1 Å². The Bertz CT molecular complexity index is 431. The summed E-state index contributed by atoms with van der Waals surface area (Å²) in [6, 6.07) is 6.28. The number of rotatable bonds is 3. The first-order chi connectivity index (χ1) is 7.65. The molecule has 1 heterocycles. The van der Waals surface area contributed by atoms with E-state index in [2.05, 4.69) is 0 Å². The first-order valence-electron chi connectivity index (χ1n) is 5.19. The largest absolute Gasteiger partial charge is 0.335 e. The topological polar surface area (TPSA) is 37.4 Å². The molecule has 0 aliphatic carbocycles. The summed E-state index contributed by atoms with van der Waals surface area (Å²) in [4.78, 5) is 23.8. The van der Waals surface area contributed by atoms with Crippen molar-refractivity contribution in [1.29, 1.82) is 0 Å². The Labute approximate surface area is 92.9 Å². The molecular formula is C12H12FNO2. The van der Waals surface area contributed by atoms with Gasteiger partial charge in [-0.2, -0.15) is 0 Å². The third kappa shape index (κ3) is 2.45. The highest BCUT2D eigenvalue weighted by molar-refractivity contribution is 6.05. The summed E-state index contributed by atoms with van der Waals surface area (Å²) in [7, 11) is 0. The lowest BCUT2D eigenvalue weighted by atomic mass is 10.1. The minimum atomic E-state index is -0.277. The van der Waals surface area contributed by atoms with Crippen LogP contribution in [0.4, 0.5) is 4.39 Å². The number of carbonyl (C=O) groups is 2. The van der Waals surface area contributed by atoms with Crippen molar-refractivity contribution >= 4 is 11.7 Å². The number of amides is 1. The van der Waals surface area contributed by atoms with Gasteiger partial charge in [-0.05, 0) is 24.1 Å². The number of likely N-dealkylation sites (tertiary alicyclic amines) is 1. The van der Waals surface area contributed by atoms with Gasteiger partial charge in [0.05, 0.1) is 13.0 Å². The Balaban J connectivity index is 1.93. The van der Waals surface area contributed by atoms with Gasteiger partial charge in [-0.15, -0.1) is 0 Å². The van der Waals surface area contributed by atoms with E-state index < -0.39 is 0 Å². The molecule has 0 aromatic heterocycles. The molecule has 0 bridgehead atoms. The lowest BCUT2D eigenvalue weighted by molar-refractivity contribution is -0.127. The van der Waals surface area contributed by atoms with Crippen molar-refractivity contribution < 1.29 is 14.0 Å². The Kier molecular flexibility index (Phi) is 2.99. The number of carbonyl (C=O) groups excluding carboxylic acids is 2. The third-order valence-electron chi connectivity index (χ3n) is 2.63. The molecular weight excluding hydrogens is 209 g/mol. The lowest BCUT2D eigenvalue weighted by Gasteiger charge is -2.14. The summed E-state index contributed by atoms with van der Waals surface area (Å²) in [5.41, 5.74) is 0.840. The SMILES string of the molecule is O=C1CC(=O)N(CCc2cccc(F)c2)C1. The van der Waals surface area contributed by atoms with Gasteiger partial charge in [0.2, 0.25) is 5.91 Å². The van der Waals surface area contributed by atoms with Gasteiger partial charge in [0.25, 0.3) is 0 Å². The van der Waals surface area contributed by atoms with Crippen LogP contribution in [0.3, 0.4) is 0 Å². The summed E-state index contributed by atoms with van der Waals surface area (Å²) in [6.45, 7) is 0.683. The molecule has 2 rings (SSSR count). The van der Waals surface area contributed by atoms with E-state index in [0.29, 0.717) is 13.0 Å². The van der Waals surface area contributed by atoms with Crippen molar-refractivity contribution in [3.63, 3.8) is 0 Å². The van der Waals surface area contributed by atoms with Crippen molar-refractivity contribution in [2.45, 2.75) is 12.8 Å².